The van der Waals surface area contributed by atoms with Crippen molar-refractivity contribution in [1.82, 2.24) is 10.2 Å². The van der Waals surface area contributed by atoms with E-state index in [-0.39, 0.29) is 18.1 Å². The molecule has 1 unspecified atom stereocenters. The van der Waals surface area contributed by atoms with Gasteiger partial charge in [0.15, 0.2) is 0 Å². The van der Waals surface area contributed by atoms with E-state index in [0.717, 1.165) is 25.9 Å². The molecule has 1 aliphatic heterocycles. The minimum Gasteiger partial charge on any atom is -0.392 e. The lowest BCUT2D eigenvalue weighted by atomic mass is 9.97. The van der Waals surface area contributed by atoms with E-state index in [0.29, 0.717) is 6.54 Å². The number of nitrogens with zero attached hydrogens (tertiary/aromatic N) is 1. The summed E-state index contributed by atoms with van der Waals surface area (Å²) in [6.45, 7) is 4.11. The van der Waals surface area contributed by atoms with Crippen LogP contribution in [-0.4, -0.2) is 47.7 Å². The molecule has 0 aromatic carbocycles. The van der Waals surface area contributed by atoms with Crippen LogP contribution < -0.4 is 5.32 Å². The third kappa shape index (κ3) is 4.32. The van der Waals surface area contributed by atoms with Crippen molar-refractivity contribution in [1.29, 1.82) is 0 Å². The molecule has 0 aromatic heterocycles. The average molecular weight is 266 g/mol. The summed E-state index contributed by atoms with van der Waals surface area (Å²) >= 11 is 0. The molecule has 2 rings (SSSR count). The topological polar surface area (TPSA) is 52.6 Å². The average Bonchev–Trinajstić information content (AvgIpc) is 2.85. The normalized spacial score (nSPS) is 26.0. The summed E-state index contributed by atoms with van der Waals surface area (Å²) in [5.41, 5.74) is 1.50. The van der Waals surface area contributed by atoms with Crippen molar-refractivity contribution in [2.24, 2.45) is 0 Å². The molecule has 19 heavy (non-hydrogen) atoms. The number of amides is 1. The maximum Gasteiger partial charge on any atom is 0.237 e. The molecule has 1 heterocycles. The van der Waals surface area contributed by atoms with E-state index >= 15 is 0 Å². The van der Waals surface area contributed by atoms with Crippen LogP contribution in [0.15, 0.2) is 11.6 Å². The Morgan fingerprint density at radius 1 is 1.58 bits per heavy atom. The summed E-state index contributed by atoms with van der Waals surface area (Å²) in [7, 11) is 0. The van der Waals surface area contributed by atoms with E-state index in [9.17, 15) is 9.90 Å². The Labute approximate surface area is 115 Å². The van der Waals surface area contributed by atoms with Crippen molar-refractivity contribution in [3.05, 3.63) is 11.6 Å². The Kier molecular flexibility index (Phi) is 5.40. The van der Waals surface area contributed by atoms with E-state index in [1.807, 2.05) is 6.92 Å². The monoisotopic (exact) mass is 266 g/mol. The molecule has 1 amide bonds. The van der Waals surface area contributed by atoms with Gasteiger partial charge in [0.25, 0.3) is 0 Å². The van der Waals surface area contributed by atoms with Gasteiger partial charge >= 0.3 is 0 Å². The number of hydrogen-bond donors (Lipinski definition) is 2. The Morgan fingerprint density at radius 3 is 3.05 bits per heavy atom. The van der Waals surface area contributed by atoms with E-state index < -0.39 is 0 Å². The highest BCUT2D eigenvalue weighted by molar-refractivity contribution is 5.81. The van der Waals surface area contributed by atoms with Gasteiger partial charge in [-0.25, -0.2) is 0 Å². The van der Waals surface area contributed by atoms with Crippen LogP contribution >= 0.6 is 0 Å². The molecule has 0 aromatic rings. The number of nitrogens with one attached hydrogen (secondary N) is 1. The quantitative estimate of drug-likeness (QED) is 0.741. The van der Waals surface area contributed by atoms with E-state index in [1.165, 1.54) is 31.3 Å². The smallest absolute Gasteiger partial charge is 0.237 e. The van der Waals surface area contributed by atoms with Gasteiger partial charge in [0.2, 0.25) is 5.91 Å². The lowest BCUT2D eigenvalue weighted by Crippen LogP contribution is -2.44. The third-order valence-corrected chi connectivity index (χ3v) is 4.25. The van der Waals surface area contributed by atoms with Gasteiger partial charge in [-0.1, -0.05) is 11.6 Å². The van der Waals surface area contributed by atoms with Crippen LogP contribution in [0.4, 0.5) is 0 Å². The Bertz CT molecular complexity index is 341. The number of likely N-dealkylation sites (tertiary alicyclic amines) is 1. The highest BCUT2D eigenvalue weighted by atomic mass is 16.3. The minimum absolute atomic E-state index is 0.0884. The molecule has 2 atom stereocenters. The summed E-state index contributed by atoms with van der Waals surface area (Å²) in [6.07, 6.45) is 8.84. The van der Waals surface area contributed by atoms with Gasteiger partial charge in [0.05, 0.1) is 12.1 Å². The largest absolute Gasteiger partial charge is 0.392 e. The first-order valence-electron chi connectivity index (χ1n) is 7.54. The van der Waals surface area contributed by atoms with Crippen molar-refractivity contribution in [3.8, 4) is 0 Å². The number of carbonyl (C=O) groups excluding carboxylic acids is 1. The van der Waals surface area contributed by atoms with Crippen LogP contribution in [-0.2, 0) is 4.79 Å². The Hall–Kier alpha value is -0.870. The first-order chi connectivity index (χ1) is 9.16. The maximum absolute atomic E-state index is 12.0. The molecular weight excluding hydrogens is 240 g/mol. The fraction of sp³-hybridized carbons (Fsp3) is 0.800. The van der Waals surface area contributed by atoms with Gasteiger partial charge in [-0.3, -0.25) is 9.69 Å². The first-order valence-corrected chi connectivity index (χ1v) is 7.54. The predicted molar refractivity (Wildman–Crippen MR) is 75.8 cm³/mol. The number of β-amino-alcohol motifs (C(OH)–C–C–N with tert-alkyl or cyclic N) is 1. The molecule has 0 bridgehead atoms. The number of aliphatic hydroxyl groups is 1. The SMILES string of the molecule is CC(C(=O)NCCC1=CCCCC1)N1CC[C@H](O)C1. The lowest BCUT2D eigenvalue weighted by molar-refractivity contribution is -0.125. The van der Waals surface area contributed by atoms with Gasteiger partial charge in [-0.2, -0.15) is 0 Å². The maximum atomic E-state index is 12.0. The number of rotatable bonds is 5. The number of carbonyl (C=O) groups is 1. The number of hydrogen-bond acceptors (Lipinski definition) is 3. The molecule has 0 saturated carbocycles. The van der Waals surface area contributed by atoms with E-state index in [1.54, 1.807) is 0 Å². The van der Waals surface area contributed by atoms with Crippen molar-refractivity contribution in [3.63, 3.8) is 0 Å². The molecule has 4 heteroatoms. The summed E-state index contributed by atoms with van der Waals surface area (Å²) in [6, 6.07) is -0.127. The molecule has 0 spiro atoms. The van der Waals surface area contributed by atoms with Crippen molar-refractivity contribution in [2.45, 2.75) is 57.6 Å². The van der Waals surface area contributed by atoms with Gasteiger partial charge in [-0.05, 0) is 45.4 Å². The highest BCUT2D eigenvalue weighted by Crippen LogP contribution is 2.19. The van der Waals surface area contributed by atoms with Crippen LogP contribution in [0.2, 0.25) is 0 Å². The number of allylic oxidation sites excluding steroid dienone is 1. The summed E-state index contributed by atoms with van der Waals surface area (Å²) in [5.74, 6) is 0.0884. The zero-order valence-electron chi connectivity index (χ0n) is 11.9. The molecule has 1 fully saturated rings. The third-order valence-electron chi connectivity index (χ3n) is 4.25. The van der Waals surface area contributed by atoms with Crippen molar-refractivity contribution in [2.75, 3.05) is 19.6 Å². The predicted octanol–water partition coefficient (Wildman–Crippen LogP) is 1.45. The van der Waals surface area contributed by atoms with E-state index in [2.05, 4.69) is 16.3 Å². The Morgan fingerprint density at radius 2 is 2.42 bits per heavy atom. The Balaban J connectivity index is 1.67. The van der Waals surface area contributed by atoms with Crippen LogP contribution in [0.25, 0.3) is 0 Å². The fourth-order valence-corrected chi connectivity index (χ4v) is 2.91. The van der Waals surface area contributed by atoms with Gasteiger partial charge < -0.3 is 10.4 Å². The van der Waals surface area contributed by atoms with E-state index in [4.69, 9.17) is 0 Å². The highest BCUT2D eigenvalue weighted by Gasteiger charge is 2.28. The molecule has 0 radical (unpaired) electrons. The summed E-state index contributed by atoms with van der Waals surface area (Å²) < 4.78 is 0. The van der Waals surface area contributed by atoms with Gasteiger partial charge in [0.1, 0.15) is 0 Å². The molecule has 2 aliphatic rings. The number of aliphatic hydroxyl groups excluding tert-OH is 1. The van der Waals surface area contributed by atoms with Crippen molar-refractivity contribution < 1.29 is 9.90 Å². The van der Waals surface area contributed by atoms with Crippen LogP contribution in [0.3, 0.4) is 0 Å². The molecule has 108 valence electrons. The molecule has 2 N–H and O–H groups in total. The second kappa shape index (κ2) is 7.06. The van der Waals surface area contributed by atoms with Crippen molar-refractivity contribution >= 4 is 5.91 Å². The van der Waals surface area contributed by atoms with Crippen LogP contribution in [0, 0.1) is 0 Å². The first kappa shape index (κ1) is 14.5. The van der Waals surface area contributed by atoms with Crippen LogP contribution in [0.1, 0.15) is 45.4 Å². The molecular formula is C15H26N2O2. The van der Waals surface area contributed by atoms with Crippen LogP contribution in [0.5, 0.6) is 0 Å². The molecule has 1 aliphatic carbocycles. The molecule has 4 nitrogen and oxygen atoms in total. The zero-order chi connectivity index (χ0) is 13.7. The second-order valence-corrected chi connectivity index (χ2v) is 5.76. The van der Waals surface area contributed by atoms with Gasteiger partial charge in [-0.15, -0.1) is 0 Å². The summed E-state index contributed by atoms with van der Waals surface area (Å²) in [4.78, 5) is 14.1. The standard InChI is InChI=1S/C15H26N2O2/c1-12(17-10-8-14(18)11-17)15(19)16-9-7-13-5-3-2-4-6-13/h5,12,14,18H,2-4,6-11H2,1H3,(H,16,19)/t12?,14-/m0/s1. The lowest BCUT2D eigenvalue weighted by Gasteiger charge is -2.23. The fourth-order valence-electron chi connectivity index (χ4n) is 2.91. The summed E-state index contributed by atoms with van der Waals surface area (Å²) in [5, 5.41) is 12.5. The molecule has 1 saturated heterocycles. The second-order valence-electron chi connectivity index (χ2n) is 5.76. The zero-order valence-corrected chi connectivity index (χ0v) is 11.9. The minimum atomic E-state index is -0.261. The van der Waals surface area contributed by atoms with Gasteiger partial charge in [0, 0.05) is 19.6 Å².